The van der Waals surface area contributed by atoms with Crippen molar-refractivity contribution in [2.24, 2.45) is 5.92 Å². The normalized spacial score (nSPS) is 41.2. The third-order valence-electron chi connectivity index (χ3n) is 9.12. The maximum atomic E-state index is 6.40. The summed E-state index contributed by atoms with van der Waals surface area (Å²) < 4.78 is 57.3. The number of fused-ring (bicyclic) bond motifs is 18. The lowest BCUT2D eigenvalue weighted by Gasteiger charge is -2.40. The number of nitrogens with zero attached hydrogens (tertiary/aromatic N) is 3. The first kappa shape index (κ1) is 30.2. The highest BCUT2D eigenvalue weighted by Gasteiger charge is 2.48. The van der Waals surface area contributed by atoms with Crippen molar-refractivity contribution in [3.05, 3.63) is 0 Å². The van der Waals surface area contributed by atoms with E-state index >= 15 is 0 Å². The van der Waals surface area contributed by atoms with Crippen molar-refractivity contribution < 1.29 is 39.8 Å². The molecule has 15 heteroatoms. The molecule has 0 unspecified atom stereocenters. The zero-order valence-electron chi connectivity index (χ0n) is 24.1. The maximum Gasteiger partial charge on any atom is 0.502 e. The molecule has 0 aromatic heterocycles. The Bertz CT molecular complexity index is 626. The topological polar surface area (TPSA) is 92.8 Å². The molecule has 0 atom stereocenters. The molecule has 9 fully saturated rings. The third kappa shape index (κ3) is 8.00. The molecule has 9 aliphatic rings. The van der Waals surface area contributed by atoms with Gasteiger partial charge in [0.2, 0.25) is 0 Å². The monoisotopic (exact) mass is 619 g/mol. The third-order valence-corrected chi connectivity index (χ3v) is 17.4. The van der Waals surface area contributed by atoms with Crippen LogP contribution in [0.25, 0.3) is 0 Å². The van der Waals surface area contributed by atoms with Gasteiger partial charge in [0.15, 0.2) is 0 Å². The number of rotatable bonds is 9. The zero-order valence-corrected chi connectivity index (χ0v) is 27.1. The second kappa shape index (κ2) is 14.3. The molecule has 0 radical (unpaired) electrons. The van der Waals surface area contributed by atoms with Crippen molar-refractivity contribution in [2.75, 3.05) is 118 Å². The van der Waals surface area contributed by atoms with Crippen molar-refractivity contribution in [3.8, 4) is 0 Å². The van der Waals surface area contributed by atoms with Gasteiger partial charge in [-0.15, -0.1) is 0 Å². The molecular weight excluding hydrogens is 571 g/mol. The summed E-state index contributed by atoms with van der Waals surface area (Å²) >= 11 is 0. The Morgan fingerprint density at radius 2 is 0.700 bits per heavy atom. The summed E-state index contributed by atoms with van der Waals surface area (Å²) in [4.78, 5) is 7.18. The lowest BCUT2D eigenvalue weighted by Crippen LogP contribution is -2.57. The fourth-order valence-corrected chi connectivity index (χ4v) is 14.0. The van der Waals surface area contributed by atoms with Crippen molar-refractivity contribution in [1.29, 1.82) is 0 Å². The van der Waals surface area contributed by atoms with Crippen LogP contribution in [0.4, 0.5) is 0 Å². The highest BCUT2D eigenvalue weighted by Crippen LogP contribution is 2.29. The molecular formula is C25H49N3O9Si3. The van der Waals surface area contributed by atoms with Gasteiger partial charge in [-0.3, -0.25) is 9.80 Å². The molecule has 9 aliphatic heterocycles. The molecule has 6 bridgehead atoms. The fourth-order valence-electron chi connectivity index (χ4n) is 6.47. The largest absolute Gasteiger partial charge is 0.502 e. The van der Waals surface area contributed by atoms with Crippen LogP contribution in [0.5, 0.6) is 0 Å². The summed E-state index contributed by atoms with van der Waals surface area (Å²) in [7, 11) is -8.23. The number of hydrogen-bond donors (Lipinski definition) is 0. The Balaban J connectivity index is 1.13. The average Bonchev–Trinajstić information content (AvgIpc) is 2.84. The van der Waals surface area contributed by atoms with Gasteiger partial charge in [0.25, 0.3) is 0 Å². The van der Waals surface area contributed by atoms with E-state index in [1.54, 1.807) is 0 Å². The summed E-state index contributed by atoms with van der Waals surface area (Å²) in [5, 5.41) is 0. The van der Waals surface area contributed by atoms with Gasteiger partial charge in [0.1, 0.15) is 0 Å². The van der Waals surface area contributed by atoms with Crippen LogP contribution >= 0.6 is 0 Å². The smallest absolute Gasteiger partial charge is 0.373 e. The Labute approximate surface area is 242 Å². The molecule has 0 aliphatic carbocycles. The summed E-state index contributed by atoms with van der Waals surface area (Å²) in [6, 6.07) is 2.30. The Morgan fingerprint density at radius 1 is 0.425 bits per heavy atom. The van der Waals surface area contributed by atoms with E-state index in [-0.39, 0.29) is 0 Å². The highest BCUT2D eigenvalue weighted by molar-refractivity contribution is 6.61. The van der Waals surface area contributed by atoms with E-state index in [1.165, 1.54) is 0 Å². The van der Waals surface area contributed by atoms with Crippen LogP contribution in [0.1, 0.15) is 19.3 Å². The molecule has 0 saturated carbocycles. The Kier molecular flexibility index (Phi) is 10.8. The molecule has 0 spiro atoms. The summed E-state index contributed by atoms with van der Waals surface area (Å²) in [5.41, 5.74) is 0. The van der Waals surface area contributed by atoms with Crippen LogP contribution in [-0.4, -0.2) is 159 Å². The van der Waals surface area contributed by atoms with Crippen LogP contribution in [0.15, 0.2) is 0 Å². The molecule has 9 saturated heterocycles. The second-order valence-corrected chi connectivity index (χ2v) is 19.9. The van der Waals surface area contributed by atoms with Crippen LogP contribution in [-0.2, 0) is 39.8 Å². The van der Waals surface area contributed by atoms with Crippen molar-refractivity contribution in [3.63, 3.8) is 0 Å². The van der Waals surface area contributed by atoms with E-state index in [2.05, 4.69) is 14.7 Å². The minimum absolute atomic E-state index is 0.650. The van der Waals surface area contributed by atoms with Gasteiger partial charge in [-0.1, -0.05) is 0 Å². The van der Waals surface area contributed by atoms with E-state index in [0.717, 1.165) is 116 Å². The van der Waals surface area contributed by atoms with Gasteiger partial charge in [0.05, 0.1) is 39.6 Å². The summed E-state index contributed by atoms with van der Waals surface area (Å²) in [6.45, 7) is 14.3. The maximum absolute atomic E-state index is 6.40. The minimum Gasteiger partial charge on any atom is -0.373 e. The molecule has 230 valence electrons. The van der Waals surface area contributed by atoms with Crippen LogP contribution in [0.3, 0.4) is 0 Å². The average molecular weight is 620 g/mol. The molecule has 12 nitrogen and oxygen atoms in total. The molecule has 9 rings (SSSR count). The van der Waals surface area contributed by atoms with Gasteiger partial charge in [-0.05, 0) is 25.2 Å². The quantitative estimate of drug-likeness (QED) is 0.341. The number of hydrogen-bond acceptors (Lipinski definition) is 12. The second-order valence-electron chi connectivity index (χ2n) is 11.7. The molecule has 9 heterocycles. The summed E-state index contributed by atoms with van der Waals surface area (Å²) in [6.07, 6.45) is 3.33. The van der Waals surface area contributed by atoms with Crippen molar-refractivity contribution in [2.45, 2.75) is 37.4 Å². The highest BCUT2D eigenvalue weighted by atomic mass is 28.4. The predicted octanol–water partition coefficient (Wildman–Crippen LogP) is 0.727. The Morgan fingerprint density at radius 3 is 1.00 bits per heavy atom. The lowest BCUT2D eigenvalue weighted by atomic mass is 9.99. The zero-order chi connectivity index (χ0) is 27.1. The van der Waals surface area contributed by atoms with Gasteiger partial charge in [0, 0.05) is 96.9 Å². The Hall–Kier alpha value is 0.171. The standard InChI is InChI=1S/C25H49N3O9Si3/c1-13-29-38(30-14-2-25(1)3-15-31-38)22-10-28(11-23-39-32-16-4-26(5-17-33-39)6-18-34-39)12-24-40-35-19-7-27(8-20-36-40)9-21-37-40/h25H,1-24H2. The van der Waals surface area contributed by atoms with Crippen LogP contribution in [0.2, 0.25) is 18.1 Å². The summed E-state index contributed by atoms with van der Waals surface area (Å²) in [5.74, 6) is 0.650. The molecule has 0 aromatic rings. The first-order valence-electron chi connectivity index (χ1n) is 15.6. The first-order valence-corrected chi connectivity index (χ1v) is 21.4. The van der Waals surface area contributed by atoms with Gasteiger partial charge < -0.3 is 44.7 Å². The van der Waals surface area contributed by atoms with E-state index in [0.29, 0.717) is 45.6 Å². The van der Waals surface area contributed by atoms with Gasteiger partial charge in [-0.25, -0.2) is 0 Å². The fraction of sp³-hybridized carbons (Fsp3) is 1.00. The van der Waals surface area contributed by atoms with Crippen LogP contribution < -0.4 is 0 Å². The van der Waals surface area contributed by atoms with Crippen molar-refractivity contribution in [1.82, 2.24) is 14.7 Å². The van der Waals surface area contributed by atoms with E-state index in [4.69, 9.17) is 39.8 Å². The molecule has 0 aromatic carbocycles. The van der Waals surface area contributed by atoms with E-state index in [1.807, 2.05) is 0 Å². The predicted molar refractivity (Wildman–Crippen MR) is 152 cm³/mol. The van der Waals surface area contributed by atoms with E-state index < -0.39 is 26.4 Å². The van der Waals surface area contributed by atoms with Gasteiger partial charge in [-0.2, -0.15) is 0 Å². The van der Waals surface area contributed by atoms with Crippen molar-refractivity contribution >= 4 is 26.4 Å². The molecule has 40 heavy (non-hydrogen) atoms. The minimum atomic E-state index is -2.75. The van der Waals surface area contributed by atoms with E-state index in [9.17, 15) is 0 Å². The lowest BCUT2D eigenvalue weighted by molar-refractivity contribution is -0.0117. The van der Waals surface area contributed by atoms with Gasteiger partial charge >= 0.3 is 26.4 Å². The first-order chi connectivity index (χ1) is 19.6. The SMILES string of the molecule is C1CC2CCO[Si](CCN(CC[Si]34OCCN(CCO3)CCO4)CC[Si]34OCCN(CCO3)CCO4)(O1)OCC2. The molecule has 0 N–H and O–H groups in total. The molecule has 0 amide bonds. The van der Waals surface area contributed by atoms with Crippen LogP contribution in [0, 0.1) is 5.92 Å².